The van der Waals surface area contributed by atoms with Gasteiger partial charge in [0.05, 0.1) is 10.6 Å². The van der Waals surface area contributed by atoms with Crippen molar-refractivity contribution >= 4 is 15.9 Å². The van der Waals surface area contributed by atoms with Gasteiger partial charge in [0.1, 0.15) is 11.6 Å². The first-order valence-electron chi connectivity index (χ1n) is 5.01. The number of nitrogens with one attached hydrogen (secondary N) is 1. The SMILES string of the molecule is CC(NC[C@H](C)O)c1cc(Br)c(F)cc1O. The molecule has 0 aliphatic heterocycles. The van der Waals surface area contributed by atoms with Crippen molar-refractivity contribution in [3.8, 4) is 5.75 Å². The Labute approximate surface area is 102 Å². The van der Waals surface area contributed by atoms with Crippen molar-refractivity contribution in [1.29, 1.82) is 0 Å². The molecular formula is C11H15BrFNO2. The predicted molar refractivity (Wildman–Crippen MR) is 63.9 cm³/mol. The van der Waals surface area contributed by atoms with Crippen molar-refractivity contribution < 1.29 is 14.6 Å². The largest absolute Gasteiger partial charge is 0.508 e. The van der Waals surface area contributed by atoms with Gasteiger partial charge in [-0.1, -0.05) is 0 Å². The number of benzene rings is 1. The lowest BCUT2D eigenvalue weighted by atomic mass is 10.1. The smallest absolute Gasteiger partial charge is 0.141 e. The molecular weight excluding hydrogens is 277 g/mol. The molecule has 5 heteroatoms. The molecule has 0 amide bonds. The molecule has 0 spiro atoms. The van der Waals surface area contributed by atoms with Crippen molar-refractivity contribution in [2.45, 2.75) is 26.0 Å². The highest BCUT2D eigenvalue weighted by Crippen LogP contribution is 2.29. The number of hydrogen-bond acceptors (Lipinski definition) is 3. The van der Waals surface area contributed by atoms with Gasteiger partial charge in [-0.15, -0.1) is 0 Å². The number of aliphatic hydroxyl groups is 1. The average molecular weight is 292 g/mol. The Morgan fingerprint density at radius 1 is 1.44 bits per heavy atom. The quantitative estimate of drug-likeness (QED) is 0.798. The molecule has 0 saturated heterocycles. The second-order valence-electron chi connectivity index (χ2n) is 3.80. The summed E-state index contributed by atoms with van der Waals surface area (Å²) in [4.78, 5) is 0. The van der Waals surface area contributed by atoms with Gasteiger partial charge in [0.2, 0.25) is 0 Å². The van der Waals surface area contributed by atoms with E-state index in [1.54, 1.807) is 6.92 Å². The van der Waals surface area contributed by atoms with Crippen LogP contribution < -0.4 is 5.32 Å². The van der Waals surface area contributed by atoms with Crippen LogP contribution in [0.15, 0.2) is 16.6 Å². The number of hydrogen-bond donors (Lipinski definition) is 3. The predicted octanol–water partition coefficient (Wildman–Crippen LogP) is 2.33. The minimum absolute atomic E-state index is 0.0914. The maximum absolute atomic E-state index is 13.1. The summed E-state index contributed by atoms with van der Waals surface area (Å²) in [6, 6.07) is 2.44. The maximum Gasteiger partial charge on any atom is 0.141 e. The highest BCUT2D eigenvalue weighted by molar-refractivity contribution is 9.10. The first-order valence-corrected chi connectivity index (χ1v) is 5.80. The van der Waals surface area contributed by atoms with E-state index < -0.39 is 11.9 Å². The van der Waals surface area contributed by atoms with Gasteiger partial charge in [-0.05, 0) is 35.8 Å². The topological polar surface area (TPSA) is 52.5 Å². The van der Waals surface area contributed by atoms with E-state index in [-0.39, 0.29) is 11.8 Å². The number of aliphatic hydroxyl groups excluding tert-OH is 1. The Bertz CT molecular complexity index is 371. The highest BCUT2D eigenvalue weighted by atomic mass is 79.9. The molecule has 2 atom stereocenters. The molecule has 0 bridgehead atoms. The molecule has 1 aromatic carbocycles. The molecule has 1 rings (SSSR count). The van der Waals surface area contributed by atoms with Gasteiger partial charge < -0.3 is 15.5 Å². The van der Waals surface area contributed by atoms with Crippen molar-refractivity contribution in [3.05, 3.63) is 28.0 Å². The van der Waals surface area contributed by atoms with E-state index in [4.69, 9.17) is 5.11 Å². The second kappa shape index (κ2) is 5.61. The normalized spacial score (nSPS) is 14.8. The molecule has 0 aliphatic carbocycles. The standard InChI is InChI=1S/C11H15BrFNO2/c1-6(15)5-14-7(2)8-3-9(12)10(13)4-11(8)16/h3-4,6-7,14-16H,5H2,1-2H3/t6-,7?/m0/s1. The molecule has 0 fully saturated rings. The molecule has 1 unspecified atom stereocenters. The van der Waals surface area contributed by atoms with E-state index >= 15 is 0 Å². The molecule has 0 saturated carbocycles. The lowest BCUT2D eigenvalue weighted by Crippen LogP contribution is -2.27. The van der Waals surface area contributed by atoms with E-state index in [1.165, 1.54) is 6.07 Å². The Morgan fingerprint density at radius 3 is 2.62 bits per heavy atom. The first kappa shape index (κ1) is 13.4. The molecule has 16 heavy (non-hydrogen) atoms. The van der Waals surface area contributed by atoms with Crippen molar-refractivity contribution in [2.24, 2.45) is 0 Å². The van der Waals surface area contributed by atoms with Crippen LogP contribution in [0, 0.1) is 5.82 Å². The summed E-state index contributed by atoms with van der Waals surface area (Å²) in [5, 5.41) is 21.7. The molecule has 0 radical (unpaired) electrons. The first-order chi connectivity index (χ1) is 7.41. The number of aromatic hydroxyl groups is 1. The van der Waals surface area contributed by atoms with Crippen LogP contribution in [0.1, 0.15) is 25.5 Å². The van der Waals surface area contributed by atoms with Crippen LogP contribution in [0.4, 0.5) is 4.39 Å². The summed E-state index contributed by atoms with van der Waals surface area (Å²) < 4.78 is 13.4. The summed E-state index contributed by atoms with van der Waals surface area (Å²) in [5.41, 5.74) is 0.592. The van der Waals surface area contributed by atoms with Gasteiger partial charge in [0.25, 0.3) is 0 Å². The van der Waals surface area contributed by atoms with Crippen LogP contribution in [-0.4, -0.2) is 22.9 Å². The molecule has 0 aromatic heterocycles. The fourth-order valence-corrected chi connectivity index (χ4v) is 1.72. The van der Waals surface area contributed by atoms with E-state index in [9.17, 15) is 9.50 Å². The molecule has 90 valence electrons. The average Bonchev–Trinajstić information content (AvgIpc) is 2.20. The summed E-state index contributed by atoms with van der Waals surface area (Å²) in [6.07, 6.45) is -0.464. The Hall–Kier alpha value is -0.650. The number of halogens is 2. The fourth-order valence-electron chi connectivity index (χ4n) is 1.36. The van der Waals surface area contributed by atoms with Crippen LogP contribution in [0.25, 0.3) is 0 Å². The minimum atomic E-state index is -0.496. The number of phenols is 1. The molecule has 0 aliphatic rings. The zero-order valence-electron chi connectivity index (χ0n) is 9.17. The van der Waals surface area contributed by atoms with Gasteiger partial charge in [0, 0.05) is 24.2 Å². The lowest BCUT2D eigenvalue weighted by Gasteiger charge is -2.17. The van der Waals surface area contributed by atoms with Crippen LogP contribution in [0.3, 0.4) is 0 Å². The van der Waals surface area contributed by atoms with Crippen LogP contribution in [0.2, 0.25) is 0 Å². The fraction of sp³-hybridized carbons (Fsp3) is 0.455. The monoisotopic (exact) mass is 291 g/mol. The van der Waals surface area contributed by atoms with Crippen molar-refractivity contribution in [1.82, 2.24) is 5.32 Å². The van der Waals surface area contributed by atoms with Crippen molar-refractivity contribution in [3.63, 3.8) is 0 Å². The Balaban J connectivity index is 2.82. The van der Waals surface area contributed by atoms with Crippen LogP contribution in [-0.2, 0) is 0 Å². The van der Waals surface area contributed by atoms with Gasteiger partial charge in [0.15, 0.2) is 0 Å². The van der Waals surface area contributed by atoms with Gasteiger partial charge in [-0.2, -0.15) is 0 Å². The third kappa shape index (κ3) is 3.43. The van der Waals surface area contributed by atoms with E-state index in [0.717, 1.165) is 6.07 Å². The molecule has 3 N–H and O–H groups in total. The Morgan fingerprint density at radius 2 is 2.06 bits per heavy atom. The van der Waals surface area contributed by atoms with Gasteiger partial charge in [-0.3, -0.25) is 0 Å². The lowest BCUT2D eigenvalue weighted by molar-refractivity contribution is 0.187. The number of phenolic OH excluding ortho intramolecular Hbond substituents is 1. The third-order valence-electron chi connectivity index (χ3n) is 2.26. The minimum Gasteiger partial charge on any atom is -0.508 e. The Kier molecular flexibility index (Phi) is 4.70. The molecule has 1 aromatic rings. The number of rotatable bonds is 4. The van der Waals surface area contributed by atoms with Crippen LogP contribution >= 0.6 is 15.9 Å². The van der Waals surface area contributed by atoms with Crippen molar-refractivity contribution in [2.75, 3.05) is 6.54 Å². The van der Waals surface area contributed by atoms with E-state index in [0.29, 0.717) is 16.6 Å². The molecule has 3 nitrogen and oxygen atoms in total. The maximum atomic E-state index is 13.1. The second-order valence-corrected chi connectivity index (χ2v) is 4.66. The summed E-state index contributed by atoms with van der Waals surface area (Å²) in [7, 11) is 0. The summed E-state index contributed by atoms with van der Waals surface area (Å²) in [6.45, 7) is 3.91. The molecule has 0 heterocycles. The zero-order valence-corrected chi connectivity index (χ0v) is 10.8. The van der Waals surface area contributed by atoms with Crippen LogP contribution in [0.5, 0.6) is 5.75 Å². The highest BCUT2D eigenvalue weighted by Gasteiger charge is 2.13. The summed E-state index contributed by atoms with van der Waals surface area (Å²) in [5.74, 6) is -0.588. The van der Waals surface area contributed by atoms with E-state index in [2.05, 4.69) is 21.2 Å². The third-order valence-corrected chi connectivity index (χ3v) is 2.86. The summed E-state index contributed by atoms with van der Waals surface area (Å²) >= 11 is 3.07. The van der Waals surface area contributed by atoms with Gasteiger partial charge in [-0.25, -0.2) is 4.39 Å². The van der Waals surface area contributed by atoms with Gasteiger partial charge >= 0.3 is 0 Å². The zero-order chi connectivity index (χ0) is 12.3. The van der Waals surface area contributed by atoms with E-state index in [1.807, 2.05) is 6.92 Å².